The average Bonchev–Trinajstić information content (AvgIpc) is 3.32. The number of aliphatic hydroxyl groups is 7. The zero-order chi connectivity index (χ0) is 48.9. The van der Waals surface area contributed by atoms with Crippen LogP contribution in [0.4, 0.5) is 0 Å². The lowest BCUT2D eigenvalue weighted by atomic mass is 9.98. The van der Waals surface area contributed by atoms with E-state index in [0.29, 0.717) is 12.8 Å². The molecule has 15 nitrogen and oxygen atoms in total. The number of esters is 2. The number of aliphatic hydroxyl groups excluding tert-OH is 7. The van der Waals surface area contributed by atoms with Gasteiger partial charge >= 0.3 is 11.9 Å². The van der Waals surface area contributed by atoms with Crippen LogP contribution in [0.5, 0.6) is 0 Å². The zero-order valence-electron chi connectivity index (χ0n) is 41.7. The molecule has 2 saturated heterocycles. The maximum Gasteiger partial charge on any atom is 0.306 e. The lowest BCUT2D eigenvalue weighted by Crippen LogP contribution is -2.61. The molecule has 2 aliphatic heterocycles. The minimum atomic E-state index is -1.76. The van der Waals surface area contributed by atoms with E-state index in [4.69, 9.17) is 28.4 Å². The molecule has 11 atom stereocenters. The summed E-state index contributed by atoms with van der Waals surface area (Å²) >= 11 is 0. The second kappa shape index (κ2) is 39.9. The number of hydrogen-bond acceptors (Lipinski definition) is 15. The molecule has 15 heteroatoms. The predicted molar refractivity (Wildman–Crippen MR) is 257 cm³/mol. The second-order valence-electron chi connectivity index (χ2n) is 19.1. The van der Waals surface area contributed by atoms with Crippen LogP contribution in [0.25, 0.3) is 0 Å². The van der Waals surface area contributed by atoms with Crippen LogP contribution in [-0.2, 0) is 38.0 Å². The minimum Gasteiger partial charge on any atom is -0.462 e. The monoisotopic (exact) mass is 961 g/mol. The molecule has 67 heavy (non-hydrogen) atoms. The van der Waals surface area contributed by atoms with Crippen molar-refractivity contribution < 1.29 is 73.8 Å². The standard InChI is InChI=1S/C52H96O15/c1-3-5-7-9-11-13-15-17-19-21-22-24-26-28-30-32-34-43(54)62-37-40(65-44(55)35-33-31-29-27-25-23-20-18-16-14-12-10-8-6-4-2)38-63-51-50(61)48(59)46(57)42(67-51)39-64-52-49(60)47(58)45(56)41(36-53)66-52/h18,20,40-42,45-53,56-61H,3-17,19,21-39H2,1-2H3/b20-18+/t40-,41+,42+,45-,46-,47?,48?,49?,50?,51+,52+/m0/s1. The van der Waals surface area contributed by atoms with Crippen molar-refractivity contribution >= 4 is 11.9 Å². The van der Waals surface area contributed by atoms with Gasteiger partial charge in [-0.15, -0.1) is 0 Å². The number of carbonyl (C=O) groups is 2. The molecule has 2 fully saturated rings. The third kappa shape index (κ3) is 28.0. The molecule has 0 aromatic heterocycles. The summed E-state index contributed by atoms with van der Waals surface area (Å²) < 4.78 is 33.6. The van der Waals surface area contributed by atoms with E-state index in [1.54, 1.807) is 0 Å². The summed E-state index contributed by atoms with van der Waals surface area (Å²) in [5, 5.41) is 72.1. The number of allylic oxidation sites excluding steroid dienone is 2. The fourth-order valence-corrected chi connectivity index (χ4v) is 8.57. The molecule has 0 radical (unpaired) electrons. The van der Waals surface area contributed by atoms with Crippen molar-refractivity contribution in [3.05, 3.63) is 12.2 Å². The molecule has 0 aromatic carbocycles. The first-order valence-corrected chi connectivity index (χ1v) is 26.8. The summed E-state index contributed by atoms with van der Waals surface area (Å²) in [5.74, 6) is -0.923. The van der Waals surface area contributed by atoms with Crippen molar-refractivity contribution in [1.82, 2.24) is 0 Å². The highest BCUT2D eigenvalue weighted by molar-refractivity contribution is 5.70. The molecule has 0 amide bonds. The fraction of sp³-hybridized carbons (Fsp3) is 0.923. The number of hydrogen-bond donors (Lipinski definition) is 7. The van der Waals surface area contributed by atoms with Gasteiger partial charge in [-0.05, 0) is 38.5 Å². The Balaban J connectivity index is 1.79. The molecule has 0 aromatic rings. The predicted octanol–water partition coefficient (Wildman–Crippen LogP) is 7.77. The molecule has 0 saturated carbocycles. The number of carbonyl (C=O) groups excluding carboxylic acids is 2. The van der Waals surface area contributed by atoms with E-state index >= 15 is 0 Å². The maximum absolute atomic E-state index is 13.0. The molecular weight excluding hydrogens is 865 g/mol. The van der Waals surface area contributed by atoms with Crippen molar-refractivity contribution in [2.24, 2.45) is 0 Å². The Morgan fingerprint density at radius 3 is 1.31 bits per heavy atom. The van der Waals surface area contributed by atoms with Gasteiger partial charge in [0.25, 0.3) is 0 Å². The molecule has 0 spiro atoms. The summed E-state index contributed by atoms with van der Waals surface area (Å²) in [6.45, 7) is 2.60. The second-order valence-corrected chi connectivity index (χ2v) is 19.1. The van der Waals surface area contributed by atoms with E-state index in [1.807, 2.05) is 0 Å². The number of ether oxygens (including phenoxy) is 6. The van der Waals surface area contributed by atoms with Gasteiger partial charge in [0.1, 0.15) is 55.4 Å². The van der Waals surface area contributed by atoms with Crippen LogP contribution in [0.1, 0.15) is 213 Å². The molecule has 0 bridgehead atoms. The molecule has 394 valence electrons. The number of unbranched alkanes of at least 4 members (excludes halogenated alkanes) is 26. The Morgan fingerprint density at radius 1 is 0.463 bits per heavy atom. The summed E-state index contributed by atoms with van der Waals surface area (Å²) in [4.78, 5) is 25.8. The van der Waals surface area contributed by atoms with Gasteiger partial charge in [-0.1, -0.05) is 174 Å². The van der Waals surface area contributed by atoms with E-state index in [9.17, 15) is 45.3 Å². The van der Waals surface area contributed by atoms with Gasteiger partial charge in [-0.25, -0.2) is 0 Å². The van der Waals surface area contributed by atoms with E-state index in [0.717, 1.165) is 57.8 Å². The molecule has 7 N–H and O–H groups in total. The van der Waals surface area contributed by atoms with Crippen LogP contribution >= 0.6 is 0 Å². The molecule has 4 unspecified atom stereocenters. The van der Waals surface area contributed by atoms with Gasteiger partial charge in [0, 0.05) is 12.8 Å². The maximum atomic E-state index is 13.0. The highest BCUT2D eigenvalue weighted by Gasteiger charge is 2.47. The Kier molecular flexibility index (Phi) is 36.5. The van der Waals surface area contributed by atoms with E-state index in [1.165, 1.54) is 116 Å². The van der Waals surface area contributed by atoms with Crippen molar-refractivity contribution in [1.29, 1.82) is 0 Å². The fourth-order valence-electron chi connectivity index (χ4n) is 8.57. The van der Waals surface area contributed by atoms with Crippen molar-refractivity contribution in [2.45, 2.75) is 280 Å². The topological polar surface area (TPSA) is 231 Å². The molecular formula is C52H96O15. The minimum absolute atomic E-state index is 0.159. The highest BCUT2D eigenvalue weighted by Crippen LogP contribution is 2.27. The lowest BCUT2D eigenvalue weighted by molar-refractivity contribution is -0.332. The van der Waals surface area contributed by atoms with Gasteiger partial charge in [-0.3, -0.25) is 9.59 Å². The van der Waals surface area contributed by atoms with Crippen LogP contribution in [0.2, 0.25) is 0 Å². The molecule has 2 heterocycles. The highest BCUT2D eigenvalue weighted by atomic mass is 16.7. The number of rotatable bonds is 42. The first-order chi connectivity index (χ1) is 32.5. The van der Waals surface area contributed by atoms with Crippen molar-refractivity contribution in [3.8, 4) is 0 Å². The van der Waals surface area contributed by atoms with Gasteiger partial charge in [0.2, 0.25) is 0 Å². The third-order valence-corrected chi connectivity index (χ3v) is 13.0. The lowest BCUT2D eigenvalue weighted by Gasteiger charge is -2.42. The first-order valence-electron chi connectivity index (χ1n) is 26.8. The summed E-state index contributed by atoms with van der Waals surface area (Å²) in [7, 11) is 0. The quantitative estimate of drug-likeness (QED) is 0.0176. The van der Waals surface area contributed by atoms with E-state index in [2.05, 4.69) is 26.0 Å². The smallest absolute Gasteiger partial charge is 0.306 e. The first kappa shape index (κ1) is 61.4. The normalized spacial score (nSPS) is 26.0. The van der Waals surface area contributed by atoms with Gasteiger partial charge in [0.15, 0.2) is 18.7 Å². The van der Waals surface area contributed by atoms with Crippen molar-refractivity contribution in [3.63, 3.8) is 0 Å². The summed E-state index contributed by atoms with van der Waals surface area (Å²) in [6, 6.07) is 0. The Bertz CT molecular complexity index is 1220. The van der Waals surface area contributed by atoms with Crippen LogP contribution in [-0.4, -0.2) is 142 Å². The SMILES string of the molecule is CCCCCCCC/C=C/CCCCCCCC(=O)O[C@@H](COC(=O)CCCCCCCCCCCCCCCCCC)CO[C@@H]1O[C@H](CO[C@@H]2O[C@H](CO)[C@H](O)C(O)C2O)[C@H](O)C(O)C1O. The van der Waals surface area contributed by atoms with Gasteiger partial charge < -0.3 is 64.2 Å². The van der Waals surface area contributed by atoms with Gasteiger partial charge in [0.05, 0.1) is 19.8 Å². The van der Waals surface area contributed by atoms with E-state index < -0.39 is 92.7 Å². The van der Waals surface area contributed by atoms with Crippen LogP contribution in [0, 0.1) is 0 Å². The van der Waals surface area contributed by atoms with Gasteiger partial charge in [-0.2, -0.15) is 0 Å². The van der Waals surface area contributed by atoms with Crippen molar-refractivity contribution in [2.75, 3.05) is 26.4 Å². The Labute approximate surface area is 403 Å². The molecule has 2 rings (SSSR count). The Morgan fingerprint density at radius 2 is 0.851 bits per heavy atom. The summed E-state index contributed by atoms with van der Waals surface area (Å²) in [6.07, 6.45) is 22.3. The van der Waals surface area contributed by atoms with Crippen LogP contribution in [0.15, 0.2) is 12.2 Å². The zero-order valence-corrected chi connectivity index (χ0v) is 41.7. The third-order valence-electron chi connectivity index (χ3n) is 13.0. The summed E-state index contributed by atoms with van der Waals surface area (Å²) in [5.41, 5.74) is 0. The average molecular weight is 961 g/mol. The Hall–Kier alpha value is -1.76. The van der Waals surface area contributed by atoms with Crippen LogP contribution in [0.3, 0.4) is 0 Å². The molecule has 0 aliphatic carbocycles. The molecule has 2 aliphatic rings. The largest absolute Gasteiger partial charge is 0.462 e. The van der Waals surface area contributed by atoms with Crippen LogP contribution < -0.4 is 0 Å². The van der Waals surface area contributed by atoms with E-state index in [-0.39, 0.29) is 26.1 Å².